The monoisotopic (exact) mass is 243 g/mol. The Hall–Kier alpha value is 4.18. The minimum Gasteiger partial charge on any atom is -0.759 e. The second kappa shape index (κ2) is 14.7. The molecule has 9 heteroatoms. The van der Waals surface area contributed by atoms with Crippen LogP contribution in [0.2, 0.25) is 0 Å². The molecular formula is AlCa3O4S+7. The summed E-state index contributed by atoms with van der Waals surface area (Å²) in [7, 11) is -5.17. The molecule has 0 aromatic heterocycles. The molecule has 0 N–H and O–H groups in total. The van der Waals surface area contributed by atoms with Gasteiger partial charge in [-0.25, -0.2) is 0 Å². The predicted molar refractivity (Wildman–Crippen MR) is 33.5 cm³/mol. The first-order valence-corrected chi connectivity index (χ1v) is 2.00. The SMILES string of the molecule is O=S(=O)([O-])[O-].[Al+3].[Ca+2].[Ca+2].[Ca+2]. The van der Waals surface area contributed by atoms with Crippen LogP contribution in [0, 0.1) is 0 Å². The predicted octanol–water partition coefficient (Wildman–Crippen LogP) is -2.86. The molecule has 0 fully saturated rings. The Morgan fingerprint density at radius 1 is 0.889 bits per heavy atom. The summed E-state index contributed by atoms with van der Waals surface area (Å²) >= 11 is 0. The zero-order valence-corrected chi connectivity index (χ0v) is 13.3. The molecule has 0 bridgehead atoms. The third-order valence-corrected chi connectivity index (χ3v) is 0. The Labute approximate surface area is 154 Å². The van der Waals surface area contributed by atoms with Gasteiger partial charge in [0.2, 0.25) is 0 Å². The summed E-state index contributed by atoms with van der Waals surface area (Å²) < 4.78 is 34.1. The Morgan fingerprint density at radius 2 is 0.889 bits per heavy atom. The van der Waals surface area contributed by atoms with Gasteiger partial charge in [0.15, 0.2) is 0 Å². The zero-order chi connectivity index (χ0) is 4.50. The normalized spacial score (nSPS) is 6.44. The van der Waals surface area contributed by atoms with Crippen LogP contribution < -0.4 is 0 Å². The van der Waals surface area contributed by atoms with E-state index in [4.69, 9.17) is 17.5 Å². The van der Waals surface area contributed by atoms with Gasteiger partial charge in [0, 0.05) is 10.4 Å². The van der Waals surface area contributed by atoms with E-state index >= 15 is 0 Å². The molecule has 4 nitrogen and oxygen atoms in total. The summed E-state index contributed by atoms with van der Waals surface area (Å²) in [6, 6.07) is 0. The van der Waals surface area contributed by atoms with Crippen molar-refractivity contribution in [1.82, 2.24) is 0 Å². The summed E-state index contributed by atoms with van der Waals surface area (Å²) in [5.41, 5.74) is 0. The molecule has 0 aliphatic rings. The van der Waals surface area contributed by atoms with Gasteiger partial charge in [0.1, 0.15) is 0 Å². The molecule has 32 valence electrons. The smallest absolute Gasteiger partial charge is 0.759 e. The van der Waals surface area contributed by atoms with Crippen molar-refractivity contribution in [2.75, 3.05) is 0 Å². The fourth-order valence-corrected chi connectivity index (χ4v) is 0. The fourth-order valence-electron chi connectivity index (χ4n) is 0. The first-order chi connectivity index (χ1) is 2.00. The average Bonchev–Trinajstić information content (AvgIpc) is 0.722. The maximum atomic E-state index is 8.52. The summed E-state index contributed by atoms with van der Waals surface area (Å²) in [6.45, 7) is 0. The molecule has 0 atom stereocenters. The molecule has 0 unspecified atom stereocenters. The van der Waals surface area contributed by atoms with Gasteiger partial charge in [-0.3, -0.25) is 8.42 Å². The summed E-state index contributed by atoms with van der Waals surface area (Å²) in [4.78, 5) is 0. The van der Waals surface area contributed by atoms with Gasteiger partial charge in [0.05, 0.1) is 0 Å². The van der Waals surface area contributed by atoms with Crippen molar-refractivity contribution in [3.05, 3.63) is 0 Å². The topological polar surface area (TPSA) is 80.3 Å². The van der Waals surface area contributed by atoms with E-state index in [0.29, 0.717) is 0 Å². The Morgan fingerprint density at radius 3 is 0.889 bits per heavy atom. The summed E-state index contributed by atoms with van der Waals surface area (Å²) in [5.74, 6) is 0. The molecule has 0 aliphatic carbocycles. The average molecular weight is 243 g/mol. The van der Waals surface area contributed by atoms with E-state index in [2.05, 4.69) is 0 Å². The second-order valence-electron chi connectivity index (χ2n) is 0.408. The van der Waals surface area contributed by atoms with Gasteiger partial charge in [-0.2, -0.15) is 0 Å². The van der Waals surface area contributed by atoms with Crippen LogP contribution in [0.4, 0.5) is 0 Å². The van der Waals surface area contributed by atoms with Gasteiger partial charge in [-0.15, -0.1) is 0 Å². The van der Waals surface area contributed by atoms with Crippen LogP contribution in [0.15, 0.2) is 0 Å². The Balaban J connectivity index is -0.0000000133. The van der Waals surface area contributed by atoms with E-state index in [9.17, 15) is 0 Å². The molecule has 0 aliphatic heterocycles. The molecule has 0 aromatic carbocycles. The summed E-state index contributed by atoms with van der Waals surface area (Å²) in [5, 5.41) is 0. The van der Waals surface area contributed by atoms with E-state index in [1.54, 1.807) is 0 Å². The van der Waals surface area contributed by atoms with Crippen LogP contribution >= 0.6 is 0 Å². The van der Waals surface area contributed by atoms with Crippen molar-refractivity contribution in [3.8, 4) is 0 Å². The molecule has 0 saturated heterocycles. The molecule has 0 amide bonds. The minimum atomic E-state index is -5.17. The van der Waals surface area contributed by atoms with Crippen LogP contribution in [0.5, 0.6) is 0 Å². The minimum absolute atomic E-state index is 0. The maximum absolute atomic E-state index is 8.52. The largest absolute Gasteiger partial charge is 3.00 e. The standard InChI is InChI=1S/Al.3Ca.H2O4S/c;;;;1-5(2,3)4/h;;;;(H2,1,2,3,4)/q+3;3*+2;/p-2. The molecule has 0 spiro atoms. The fraction of sp³-hybridized carbons (Fsp3) is 0. The van der Waals surface area contributed by atoms with Crippen molar-refractivity contribution >= 4 is 141 Å². The molecule has 0 heterocycles. The number of hydrogen-bond acceptors (Lipinski definition) is 4. The third-order valence-electron chi connectivity index (χ3n) is 0. The Bertz CT molecular complexity index is 99.0. The number of rotatable bonds is 0. The molecule has 0 aromatic rings. The molecule has 0 rings (SSSR count). The van der Waals surface area contributed by atoms with Crippen molar-refractivity contribution in [3.63, 3.8) is 0 Å². The van der Waals surface area contributed by atoms with Crippen LogP contribution in [-0.4, -0.2) is 148 Å². The van der Waals surface area contributed by atoms with Gasteiger partial charge in [0.25, 0.3) is 0 Å². The van der Waals surface area contributed by atoms with Gasteiger partial charge < -0.3 is 9.11 Å². The van der Waals surface area contributed by atoms with E-state index in [1.165, 1.54) is 0 Å². The van der Waals surface area contributed by atoms with Crippen LogP contribution in [-0.2, 0) is 10.4 Å². The number of hydrogen-bond donors (Lipinski definition) is 0. The van der Waals surface area contributed by atoms with Crippen molar-refractivity contribution < 1.29 is 17.5 Å². The van der Waals surface area contributed by atoms with Crippen molar-refractivity contribution in [2.24, 2.45) is 0 Å². The van der Waals surface area contributed by atoms with Gasteiger partial charge in [-0.1, -0.05) is 0 Å². The van der Waals surface area contributed by atoms with E-state index in [0.717, 1.165) is 0 Å². The molecule has 0 radical (unpaired) electrons. The van der Waals surface area contributed by atoms with E-state index < -0.39 is 10.4 Å². The summed E-state index contributed by atoms with van der Waals surface area (Å²) in [6.07, 6.45) is 0. The van der Waals surface area contributed by atoms with Crippen molar-refractivity contribution in [2.45, 2.75) is 0 Å². The zero-order valence-electron chi connectivity index (χ0n) is 4.74. The third kappa shape index (κ3) is 72.2. The van der Waals surface area contributed by atoms with E-state index in [1.807, 2.05) is 0 Å². The quantitative estimate of drug-likeness (QED) is 0.260. The van der Waals surface area contributed by atoms with E-state index in [-0.39, 0.29) is 131 Å². The second-order valence-corrected chi connectivity index (χ2v) is 1.22. The van der Waals surface area contributed by atoms with Gasteiger partial charge in [-0.05, 0) is 0 Å². The van der Waals surface area contributed by atoms with Crippen molar-refractivity contribution in [1.29, 1.82) is 0 Å². The first-order valence-electron chi connectivity index (χ1n) is 0.667. The molecular weight excluding hydrogens is 243 g/mol. The maximum Gasteiger partial charge on any atom is 3.00 e. The van der Waals surface area contributed by atoms with Crippen LogP contribution in [0.3, 0.4) is 0 Å². The van der Waals surface area contributed by atoms with Crippen LogP contribution in [0.1, 0.15) is 0 Å². The first kappa shape index (κ1) is 29.2. The Kier molecular flexibility index (Phi) is 47.7. The molecule has 9 heavy (non-hydrogen) atoms. The van der Waals surface area contributed by atoms with Gasteiger partial charge >= 0.3 is 131 Å². The van der Waals surface area contributed by atoms with Crippen LogP contribution in [0.25, 0.3) is 0 Å². The molecule has 0 saturated carbocycles.